The molecule has 7 heteroatoms. The minimum absolute atomic E-state index is 0.294. The molecule has 2 aliphatic rings. The highest BCUT2D eigenvalue weighted by Gasteiger charge is 2.28. The Morgan fingerprint density at radius 3 is 2.92 bits per heavy atom. The third kappa shape index (κ3) is 2.16. The van der Waals surface area contributed by atoms with Crippen LogP contribution in [0.25, 0.3) is 5.65 Å². The summed E-state index contributed by atoms with van der Waals surface area (Å²) < 4.78 is 13.1. The van der Waals surface area contributed by atoms with Crippen LogP contribution in [-0.2, 0) is 0 Å². The van der Waals surface area contributed by atoms with Crippen molar-refractivity contribution in [1.82, 2.24) is 19.8 Å². The first kappa shape index (κ1) is 13.6. The van der Waals surface area contributed by atoms with E-state index in [1.165, 1.54) is 5.56 Å². The summed E-state index contributed by atoms with van der Waals surface area (Å²) in [5.41, 5.74) is 2.00. The second-order valence-corrected chi connectivity index (χ2v) is 6.08. The largest absolute Gasteiger partial charge is 0.486 e. The Bertz CT molecular complexity index is 894. The molecule has 24 heavy (non-hydrogen) atoms. The zero-order chi connectivity index (χ0) is 15.9. The van der Waals surface area contributed by atoms with Crippen LogP contribution >= 0.6 is 0 Å². The molecular weight excluding hydrogens is 306 g/mol. The predicted molar refractivity (Wildman–Crippen MR) is 87.5 cm³/mol. The fourth-order valence-electron chi connectivity index (χ4n) is 3.53. The molecule has 2 aliphatic heterocycles. The lowest BCUT2D eigenvalue weighted by Gasteiger charge is -2.27. The first-order valence-corrected chi connectivity index (χ1v) is 8.22. The second-order valence-electron chi connectivity index (χ2n) is 6.08. The van der Waals surface area contributed by atoms with E-state index in [1.54, 1.807) is 10.8 Å². The average molecular weight is 323 g/mol. The van der Waals surface area contributed by atoms with E-state index in [9.17, 15) is 0 Å². The average Bonchev–Trinajstić information content (AvgIpc) is 3.29. The Morgan fingerprint density at radius 2 is 1.96 bits per heavy atom. The van der Waals surface area contributed by atoms with Gasteiger partial charge in [0.15, 0.2) is 17.1 Å². The van der Waals surface area contributed by atoms with Gasteiger partial charge in [-0.25, -0.2) is 0 Å². The molecule has 1 saturated heterocycles. The normalized spacial score (nSPS) is 19.8. The topological polar surface area (TPSA) is 64.8 Å². The molecule has 0 N–H and O–H groups in total. The maximum Gasteiger partial charge on any atom is 0.177 e. The van der Waals surface area contributed by atoms with Crippen molar-refractivity contribution in [3.63, 3.8) is 0 Å². The van der Waals surface area contributed by atoms with E-state index in [4.69, 9.17) is 9.47 Å². The molecule has 0 bridgehead atoms. The highest BCUT2D eigenvalue weighted by atomic mass is 16.6. The number of aromatic nitrogens is 4. The van der Waals surface area contributed by atoms with E-state index in [1.807, 2.05) is 18.2 Å². The van der Waals surface area contributed by atoms with Crippen LogP contribution in [0.3, 0.4) is 0 Å². The smallest absolute Gasteiger partial charge is 0.177 e. The van der Waals surface area contributed by atoms with E-state index in [2.05, 4.69) is 32.3 Å². The fourth-order valence-corrected chi connectivity index (χ4v) is 3.53. The van der Waals surface area contributed by atoms with Crippen LogP contribution in [0.5, 0.6) is 11.5 Å². The van der Waals surface area contributed by atoms with Gasteiger partial charge in [0.2, 0.25) is 0 Å². The summed E-state index contributed by atoms with van der Waals surface area (Å²) >= 11 is 0. The SMILES string of the molecule is c1cc2c(cc1C1CCCN1c1ccc3nncn3n1)OCCO2. The van der Waals surface area contributed by atoms with Crippen LogP contribution in [0, 0.1) is 0 Å². The number of ether oxygens (including phenoxy) is 2. The molecule has 1 aromatic carbocycles. The van der Waals surface area contributed by atoms with Crippen molar-refractivity contribution in [1.29, 1.82) is 0 Å². The first-order chi connectivity index (χ1) is 11.9. The highest BCUT2D eigenvalue weighted by Crippen LogP contribution is 2.39. The van der Waals surface area contributed by atoms with Crippen LogP contribution in [0.2, 0.25) is 0 Å². The van der Waals surface area contributed by atoms with E-state index in [0.717, 1.165) is 42.4 Å². The van der Waals surface area contributed by atoms with Crippen LogP contribution in [-0.4, -0.2) is 39.6 Å². The summed E-state index contributed by atoms with van der Waals surface area (Å²) in [5, 5.41) is 12.6. The number of hydrogen-bond donors (Lipinski definition) is 0. The van der Waals surface area contributed by atoms with Gasteiger partial charge < -0.3 is 14.4 Å². The molecule has 1 fully saturated rings. The van der Waals surface area contributed by atoms with Gasteiger partial charge in [-0.05, 0) is 42.7 Å². The third-order valence-corrected chi connectivity index (χ3v) is 4.65. The molecule has 0 radical (unpaired) electrons. The van der Waals surface area contributed by atoms with E-state index in [-0.39, 0.29) is 0 Å². The monoisotopic (exact) mass is 323 g/mol. The summed E-state index contributed by atoms with van der Waals surface area (Å²) in [4.78, 5) is 2.34. The predicted octanol–water partition coefficient (Wildman–Crippen LogP) is 2.24. The molecule has 1 unspecified atom stereocenters. The standard InChI is InChI=1S/C17H17N5O2/c1-2-13(12-3-4-14-15(10-12)24-9-8-23-14)21(7-1)17-6-5-16-19-18-11-22(16)20-17/h3-6,10-11,13H,1-2,7-9H2. The number of fused-ring (bicyclic) bond motifs is 2. The zero-order valence-corrected chi connectivity index (χ0v) is 13.1. The van der Waals surface area contributed by atoms with Crippen molar-refractivity contribution >= 4 is 11.5 Å². The summed E-state index contributed by atoms with van der Waals surface area (Å²) in [6, 6.07) is 10.5. The summed E-state index contributed by atoms with van der Waals surface area (Å²) in [6.45, 7) is 2.21. The Morgan fingerprint density at radius 1 is 1.04 bits per heavy atom. The van der Waals surface area contributed by atoms with E-state index < -0.39 is 0 Å². The molecular formula is C17H17N5O2. The quantitative estimate of drug-likeness (QED) is 0.720. The van der Waals surface area contributed by atoms with Crippen LogP contribution in [0.4, 0.5) is 5.82 Å². The fraction of sp³-hybridized carbons (Fsp3) is 0.353. The molecule has 2 aromatic heterocycles. The summed E-state index contributed by atoms with van der Waals surface area (Å²) in [5.74, 6) is 2.62. The van der Waals surface area contributed by atoms with Gasteiger partial charge in [-0.1, -0.05) is 6.07 Å². The zero-order valence-electron chi connectivity index (χ0n) is 13.1. The maximum absolute atomic E-state index is 5.73. The van der Waals surface area contributed by atoms with Crippen molar-refractivity contribution in [3.05, 3.63) is 42.2 Å². The van der Waals surface area contributed by atoms with Gasteiger partial charge in [-0.2, -0.15) is 4.52 Å². The minimum atomic E-state index is 0.294. The second kappa shape index (κ2) is 5.36. The van der Waals surface area contributed by atoms with Crippen molar-refractivity contribution < 1.29 is 9.47 Å². The Labute approximate surface area is 138 Å². The molecule has 0 spiro atoms. The van der Waals surface area contributed by atoms with Crippen LogP contribution < -0.4 is 14.4 Å². The lowest BCUT2D eigenvalue weighted by molar-refractivity contribution is 0.171. The van der Waals surface area contributed by atoms with Gasteiger partial charge in [0, 0.05) is 6.54 Å². The summed E-state index contributed by atoms with van der Waals surface area (Å²) in [7, 11) is 0. The number of anilines is 1. The molecule has 5 rings (SSSR count). The number of nitrogens with zero attached hydrogens (tertiary/aromatic N) is 5. The van der Waals surface area contributed by atoms with E-state index in [0.29, 0.717) is 19.3 Å². The summed E-state index contributed by atoms with van der Waals surface area (Å²) in [6.07, 6.45) is 3.87. The molecule has 1 atom stereocenters. The Balaban J connectivity index is 1.50. The van der Waals surface area contributed by atoms with Gasteiger partial charge in [-0.15, -0.1) is 15.3 Å². The van der Waals surface area contributed by atoms with Gasteiger partial charge >= 0.3 is 0 Å². The molecule has 122 valence electrons. The van der Waals surface area contributed by atoms with Crippen LogP contribution in [0.1, 0.15) is 24.4 Å². The van der Waals surface area contributed by atoms with Crippen molar-refractivity contribution in [2.75, 3.05) is 24.7 Å². The number of hydrogen-bond acceptors (Lipinski definition) is 6. The molecule has 0 aliphatic carbocycles. The van der Waals surface area contributed by atoms with Gasteiger partial charge in [0.25, 0.3) is 0 Å². The third-order valence-electron chi connectivity index (χ3n) is 4.65. The number of rotatable bonds is 2. The maximum atomic E-state index is 5.73. The van der Waals surface area contributed by atoms with Crippen molar-refractivity contribution in [3.8, 4) is 11.5 Å². The minimum Gasteiger partial charge on any atom is -0.486 e. The van der Waals surface area contributed by atoms with Gasteiger partial charge in [-0.3, -0.25) is 0 Å². The van der Waals surface area contributed by atoms with Crippen LogP contribution in [0.15, 0.2) is 36.7 Å². The van der Waals surface area contributed by atoms with Gasteiger partial charge in [0.05, 0.1) is 6.04 Å². The molecule has 0 amide bonds. The molecule has 3 aromatic rings. The van der Waals surface area contributed by atoms with Gasteiger partial charge in [0.1, 0.15) is 25.4 Å². The molecule has 0 saturated carbocycles. The molecule has 4 heterocycles. The van der Waals surface area contributed by atoms with E-state index >= 15 is 0 Å². The first-order valence-electron chi connectivity index (χ1n) is 8.22. The Kier molecular flexibility index (Phi) is 3.04. The highest BCUT2D eigenvalue weighted by molar-refractivity contribution is 5.51. The number of benzene rings is 1. The molecule has 7 nitrogen and oxygen atoms in total. The Hall–Kier alpha value is -2.83. The van der Waals surface area contributed by atoms with Crippen molar-refractivity contribution in [2.45, 2.75) is 18.9 Å². The van der Waals surface area contributed by atoms with Crippen molar-refractivity contribution in [2.24, 2.45) is 0 Å². The lowest BCUT2D eigenvalue weighted by Crippen LogP contribution is -2.24. The lowest BCUT2D eigenvalue weighted by atomic mass is 10.0.